The molecule has 23 saturated heterocycles. The SMILES string of the molecule is OC[C@H]1OC(O)(NO[C@@H]2[C@@H](O)[C@H]3O[C@H]4[C@H](O)[C@@H](O)[C@@H](O[C@H]5[C@H](O)[C@@H](O)[C@@H](O[C@H]6[C@H](O)[C@@H](O)[C@@H](O[C@H]7[C@H](O)[C@@H](O)[C@@H](O[C@H]8[C@H](O)[C@@H](O)[C@@H](O[C@H]2[C@@H](CO)O3)O[C@@H]8CO)O[C@@H]7CO)O[C@@H]6CO)O[C@@H]5CO)O[C@@H]4CO)[C@H](O)[C@@H](O)[C@@H]1O. The van der Waals surface area contributed by atoms with Crippen molar-refractivity contribution in [1.82, 2.24) is 5.48 Å². The highest BCUT2D eigenvalue weighted by Crippen LogP contribution is 2.39. The molecule has 35 atom stereocenters. The Balaban J connectivity index is 1.13. The van der Waals surface area contributed by atoms with Gasteiger partial charge >= 0.3 is 0 Å². The summed E-state index contributed by atoms with van der Waals surface area (Å²) in [5.41, 5.74) is 1.83. The highest BCUT2D eigenvalue weighted by atomic mass is 16.8. The van der Waals surface area contributed by atoms with Gasteiger partial charge in [0.1, 0.15) is 165 Å². The molecule has 0 saturated carbocycles. The molecule has 0 amide bonds. The van der Waals surface area contributed by atoms with Crippen LogP contribution in [0.5, 0.6) is 0 Å². The van der Waals surface area contributed by atoms with Crippen molar-refractivity contribution in [1.29, 1.82) is 0 Å². The molecule has 460 valence electrons. The van der Waals surface area contributed by atoms with Crippen LogP contribution >= 0.6 is 0 Å². The average Bonchev–Trinajstić information content (AvgIpc) is 3.49. The minimum Gasteiger partial charge on any atom is -0.394 e. The van der Waals surface area contributed by atoms with Gasteiger partial charge < -0.3 is 174 Å². The van der Waals surface area contributed by atoms with Crippen LogP contribution in [0.15, 0.2) is 0 Å². The summed E-state index contributed by atoms with van der Waals surface area (Å²) in [6, 6.07) is 0. The average molecular weight is 1170 g/mol. The van der Waals surface area contributed by atoms with Gasteiger partial charge in [-0.15, -0.1) is 5.48 Å². The fourth-order valence-corrected chi connectivity index (χ4v) is 10.4. The van der Waals surface area contributed by atoms with Gasteiger partial charge in [0.15, 0.2) is 43.8 Å². The summed E-state index contributed by atoms with van der Waals surface area (Å²) in [7, 11) is 0. The van der Waals surface area contributed by atoms with Crippen LogP contribution in [0.1, 0.15) is 0 Å². The molecule has 0 aromatic rings. The third-order valence-electron chi connectivity index (χ3n) is 15.0. The topological polar surface area (TPSA) is 586 Å². The van der Waals surface area contributed by atoms with E-state index in [2.05, 4.69) is 0 Å². The smallest absolute Gasteiger partial charge is 0.277 e. The summed E-state index contributed by atoms with van der Waals surface area (Å²) in [4.78, 5) is 5.58. The highest BCUT2D eigenvalue weighted by molar-refractivity contribution is 5.02. The van der Waals surface area contributed by atoms with E-state index >= 15 is 0 Å². The third kappa shape index (κ3) is 12.3. The predicted octanol–water partition coefficient (Wildman–Crippen LogP) is -16.4. The lowest BCUT2D eigenvalue weighted by Gasteiger charge is -2.51. The van der Waals surface area contributed by atoms with E-state index in [9.17, 15) is 112 Å². The zero-order chi connectivity index (χ0) is 57.7. The second-order valence-corrected chi connectivity index (χ2v) is 20.0. The molecule has 23 heterocycles. The van der Waals surface area contributed by atoms with Crippen molar-refractivity contribution in [3.63, 3.8) is 0 Å². The Bertz CT molecular complexity index is 1900. The molecular weight excluding hydrogens is 1090 g/mol. The first-order valence-electron chi connectivity index (χ1n) is 25.0. The first kappa shape index (κ1) is 63.5. The Morgan fingerprint density at radius 3 is 0.785 bits per heavy atom. The van der Waals surface area contributed by atoms with Gasteiger partial charge in [0.25, 0.3) is 5.91 Å². The molecule has 1 unspecified atom stereocenters. The number of rotatable bonds is 10. The van der Waals surface area contributed by atoms with Crippen LogP contribution in [0, 0.1) is 0 Å². The largest absolute Gasteiger partial charge is 0.394 e. The number of hydroxylamine groups is 1. The molecule has 0 aromatic heterocycles. The van der Waals surface area contributed by atoms with Crippen LogP contribution in [0.4, 0.5) is 0 Å². The van der Waals surface area contributed by atoms with E-state index in [-0.39, 0.29) is 0 Å². The standard InChI is InChI=1S/C42H71NO36/c44-1-8-15(51)21(57)35(64)42(65,78-8)43-79-34-27(63)41-71-14(7-50)33(34)77-40-26(62)20(56)31(12(5-48)70-40)75-38-24(60)18(54)29(10(3-46)68-38)73-36-22(58)16(52)28(9(2-45)66-36)72-37-23(59)17(53)30(11(4-47)67-37)74-39-25(61)19(55)32(76-41)13(6-49)69-39/h8-41,43-65H,1-7H2/t8-,9-,10-,11-,12-,13-,14-,15-,16-,17-,18-,19-,20-,21+,22-,23-,24-,25-,26-,27-,28-,29-,30-,31-,32-,33+,34-,35-,36-,37-,38-,39-,40-,41-,42?/m1/s1. The van der Waals surface area contributed by atoms with Crippen LogP contribution in [-0.2, 0) is 66.4 Å². The Morgan fingerprint density at radius 1 is 0.278 bits per heavy atom. The van der Waals surface area contributed by atoms with Crippen LogP contribution in [0.3, 0.4) is 0 Å². The summed E-state index contributed by atoms with van der Waals surface area (Å²) >= 11 is 0. The molecule has 79 heavy (non-hydrogen) atoms. The quantitative estimate of drug-likeness (QED) is 0.0713. The van der Waals surface area contributed by atoms with E-state index in [4.69, 9.17) is 66.4 Å². The van der Waals surface area contributed by atoms with E-state index in [1.807, 2.05) is 5.48 Å². The summed E-state index contributed by atoms with van der Waals surface area (Å²) in [5.74, 6) is -3.30. The lowest BCUT2D eigenvalue weighted by Crippen LogP contribution is -2.72. The first-order chi connectivity index (χ1) is 37.5. The van der Waals surface area contributed by atoms with Gasteiger partial charge in [-0.3, -0.25) is 4.84 Å². The molecule has 37 nitrogen and oxygen atoms in total. The molecular formula is C42H71NO36. The molecule has 0 aromatic carbocycles. The molecule has 23 fully saturated rings. The molecule has 12 bridgehead atoms. The maximum Gasteiger partial charge on any atom is 0.277 e. The van der Waals surface area contributed by atoms with Crippen LogP contribution in [0.2, 0.25) is 0 Å². The Kier molecular flexibility index (Phi) is 21.3. The second-order valence-electron chi connectivity index (χ2n) is 20.0. The van der Waals surface area contributed by atoms with Gasteiger partial charge in [-0.1, -0.05) is 0 Å². The lowest BCUT2D eigenvalue weighted by atomic mass is 9.94. The van der Waals surface area contributed by atoms with E-state index in [0.717, 1.165) is 0 Å². The summed E-state index contributed by atoms with van der Waals surface area (Å²) < 4.78 is 74.0. The van der Waals surface area contributed by atoms with Crippen molar-refractivity contribution in [3.8, 4) is 0 Å². The fourth-order valence-electron chi connectivity index (χ4n) is 10.4. The van der Waals surface area contributed by atoms with Crippen molar-refractivity contribution in [2.45, 2.75) is 215 Å². The van der Waals surface area contributed by atoms with Gasteiger partial charge in [-0.25, -0.2) is 0 Å². The Labute approximate surface area is 444 Å². The normalized spacial score (nSPS) is 55.1. The number of hydrogen-bond donors (Lipinski definition) is 23. The second kappa shape index (κ2) is 26.4. The number of aliphatic hydroxyl groups excluding tert-OH is 21. The molecule has 23 N–H and O–H groups in total. The van der Waals surface area contributed by atoms with E-state index in [1.54, 1.807) is 0 Å². The summed E-state index contributed by atoms with van der Waals surface area (Å²) in [5, 5.41) is 241. The minimum atomic E-state index is -3.30. The van der Waals surface area contributed by atoms with E-state index in [0.29, 0.717) is 0 Å². The maximum absolute atomic E-state index is 12.0. The minimum absolute atomic E-state index is 1.04. The number of nitrogens with one attached hydrogen (secondary N) is 1. The lowest BCUT2D eigenvalue weighted by molar-refractivity contribution is -0.421. The monoisotopic (exact) mass is 1170 g/mol. The fraction of sp³-hybridized carbons (Fsp3) is 1.00. The van der Waals surface area contributed by atoms with Crippen molar-refractivity contribution < 1.29 is 179 Å². The molecule has 0 aliphatic carbocycles. The zero-order valence-electron chi connectivity index (χ0n) is 41.1. The van der Waals surface area contributed by atoms with Crippen molar-refractivity contribution in [3.05, 3.63) is 0 Å². The van der Waals surface area contributed by atoms with Gasteiger partial charge in [-0.05, 0) is 0 Å². The van der Waals surface area contributed by atoms with Crippen molar-refractivity contribution in [2.75, 3.05) is 46.2 Å². The maximum atomic E-state index is 12.0. The highest BCUT2D eigenvalue weighted by Gasteiger charge is 2.61. The summed E-state index contributed by atoms with van der Waals surface area (Å²) in [6.07, 6.45) is -71.0. The van der Waals surface area contributed by atoms with Crippen LogP contribution in [-0.4, -0.2) is 373 Å². The van der Waals surface area contributed by atoms with Crippen LogP contribution < -0.4 is 5.48 Å². The zero-order valence-corrected chi connectivity index (χ0v) is 41.1. The van der Waals surface area contributed by atoms with Gasteiger partial charge in [-0.2, -0.15) is 0 Å². The first-order valence-corrected chi connectivity index (χ1v) is 25.0. The van der Waals surface area contributed by atoms with E-state index < -0.39 is 261 Å². The molecule has 0 radical (unpaired) electrons. The molecule has 0 spiro atoms. The van der Waals surface area contributed by atoms with Gasteiger partial charge in [0.05, 0.1) is 46.2 Å². The molecule has 23 rings (SSSR count). The van der Waals surface area contributed by atoms with Crippen molar-refractivity contribution in [2.24, 2.45) is 0 Å². The number of hydrogen-bond acceptors (Lipinski definition) is 37. The molecule has 23 aliphatic rings. The summed E-state index contributed by atoms with van der Waals surface area (Å²) in [6.45, 7) is -7.68. The number of aliphatic hydroxyl groups is 22. The molecule has 37 heteroatoms. The Morgan fingerprint density at radius 2 is 0.519 bits per heavy atom. The van der Waals surface area contributed by atoms with Gasteiger partial charge in [0, 0.05) is 0 Å². The predicted molar refractivity (Wildman–Crippen MR) is 233 cm³/mol. The van der Waals surface area contributed by atoms with Crippen LogP contribution in [0.25, 0.3) is 0 Å². The molecule has 23 aliphatic heterocycles. The Hall–Kier alpha value is -1.48. The van der Waals surface area contributed by atoms with E-state index in [1.165, 1.54) is 0 Å². The third-order valence-corrected chi connectivity index (χ3v) is 15.0. The van der Waals surface area contributed by atoms with Gasteiger partial charge in [0.2, 0.25) is 0 Å². The van der Waals surface area contributed by atoms with Crippen molar-refractivity contribution >= 4 is 0 Å². The number of ether oxygens (including phenoxy) is 13.